The Hall–Kier alpha value is -2.81. The summed E-state index contributed by atoms with van der Waals surface area (Å²) in [5.41, 5.74) is 5.77. The van der Waals surface area contributed by atoms with Crippen LogP contribution in [-0.2, 0) is 0 Å². The van der Waals surface area contributed by atoms with Crippen molar-refractivity contribution in [3.05, 3.63) is 60.8 Å². The van der Waals surface area contributed by atoms with Crippen LogP contribution in [-0.4, -0.2) is 22.6 Å². The highest BCUT2D eigenvalue weighted by Crippen LogP contribution is 2.37. The van der Waals surface area contributed by atoms with E-state index in [1.807, 2.05) is 6.20 Å². The van der Waals surface area contributed by atoms with Gasteiger partial charge in [0.25, 0.3) is 0 Å². The van der Waals surface area contributed by atoms with E-state index in [0.717, 1.165) is 17.8 Å². The van der Waals surface area contributed by atoms with Gasteiger partial charge in [-0.2, -0.15) is 0 Å². The molecule has 0 spiro atoms. The molecular formula is C22H21N3. The van der Waals surface area contributed by atoms with E-state index in [9.17, 15) is 0 Å². The second-order valence-corrected chi connectivity index (χ2v) is 7.01. The second kappa shape index (κ2) is 5.62. The molecule has 1 aliphatic heterocycles. The Labute approximate surface area is 147 Å². The number of hydrogen-bond acceptors (Lipinski definition) is 2. The standard InChI is InChI=1S/C22H21N3/c1-15-5-4-12-25(15)21-14-16-6-2-3-7-20(16)24-22(21)18-8-9-19-17(13-18)10-11-23-19/h2-3,6-11,13-15,23H,4-5,12H2,1H3/t15-/m0/s1. The lowest BCUT2D eigenvalue weighted by Crippen LogP contribution is -2.27. The molecule has 1 aliphatic rings. The molecule has 0 unspecified atom stereocenters. The van der Waals surface area contributed by atoms with Gasteiger partial charge in [-0.15, -0.1) is 0 Å². The van der Waals surface area contributed by atoms with E-state index in [1.165, 1.54) is 40.4 Å². The van der Waals surface area contributed by atoms with Gasteiger partial charge in [0.2, 0.25) is 0 Å². The molecule has 3 heterocycles. The first-order valence-electron chi connectivity index (χ1n) is 9.03. The van der Waals surface area contributed by atoms with Crippen LogP contribution in [0.4, 0.5) is 5.69 Å². The monoisotopic (exact) mass is 327 g/mol. The fourth-order valence-electron chi connectivity index (χ4n) is 4.03. The summed E-state index contributed by atoms with van der Waals surface area (Å²) >= 11 is 0. The Morgan fingerprint density at radius 2 is 1.96 bits per heavy atom. The molecule has 3 heteroatoms. The summed E-state index contributed by atoms with van der Waals surface area (Å²) in [7, 11) is 0. The van der Waals surface area contributed by atoms with Crippen LogP contribution in [0.25, 0.3) is 33.1 Å². The molecule has 1 atom stereocenters. The number of aromatic nitrogens is 2. The Morgan fingerprint density at radius 3 is 2.84 bits per heavy atom. The van der Waals surface area contributed by atoms with E-state index in [2.05, 4.69) is 71.4 Å². The average Bonchev–Trinajstić information content (AvgIpc) is 3.28. The number of aromatic amines is 1. The third kappa shape index (κ3) is 2.39. The molecule has 2 aromatic heterocycles. The first kappa shape index (κ1) is 14.5. The number of pyridine rings is 1. The van der Waals surface area contributed by atoms with Crippen molar-refractivity contribution >= 4 is 27.5 Å². The third-order valence-electron chi connectivity index (χ3n) is 5.39. The van der Waals surface area contributed by atoms with E-state index < -0.39 is 0 Å². The molecule has 0 bridgehead atoms. The van der Waals surface area contributed by atoms with Gasteiger partial charge in [-0.05, 0) is 50.1 Å². The van der Waals surface area contributed by atoms with Gasteiger partial charge in [-0.1, -0.05) is 24.3 Å². The van der Waals surface area contributed by atoms with Gasteiger partial charge in [-0.25, -0.2) is 4.98 Å². The molecule has 4 aromatic rings. The van der Waals surface area contributed by atoms with Gasteiger partial charge < -0.3 is 9.88 Å². The molecule has 0 aliphatic carbocycles. The van der Waals surface area contributed by atoms with Crippen molar-refractivity contribution in [1.29, 1.82) is 0 Å². The van der Waals surface area contributed by atoms with Gasteiger partial charge in [-0.3, -0.25) is 0 Å². The summed E-state index contributed by atoms with van der Waals surface area (Å²) in [4.78, 5) is 10.9. The van der Waals surface area contributed by atoms with Crippen LogP contribution in [0.3, 0.4) is 0 Å². The number of H-pyrrole nitrogens is 1. The minimum Gasteiger partial charge on any atom is -0.367 e. The molecule has 1 N–H and O–H groups in total. The molecule has 3 nitrogen and oxygen atoms in total. The molecule has 1 fully saturated rings. The molecule has 0 amide bonds. The zero-order chi connectivity index (χ0) is 16.8. The van der Waals surface area contributed by atoms with Crippen LogP contribution in [0.2, 0.25) is 0 Å². The lowest BCUT2D eigenvalue weighted by molar-refractivity contribution is 0.735. The minimum atomic E-state index is 0.567. The second-order valence-electron chi connectivity index (χ2n) is 7.01. The molecule has 0 saturated carbocycles. The van der Waals surface area contributed by atoms with E-state index in [1.54, 1.807) is 0 Å². The van der Waals surface area contributed by atoms with Crippen LogP contribution in [0.1, 0.15) is 19.8 Å². The molecule has 0 radical (unpaired) electrons. The van der Waals surface area contributed by atoms with Crippen molar-refractivity contribution in [1.82, 2.24) is 9.97 Å². The summed E-state index contributed by atoms with van der Waals surface area (Å²) in [5.74, 6) is 0. The molecule has 25 heavy (non-hydrogen) atoms. The molecule has 5 rings (SSSR count). The maximum atomic E-state index is 5.06. The first-order valence-corrected chi connectivity index (χ1v) is 9.03. The summed E-state index contributed by atoms with van der Waals surface area (Å²) in [6.45, 7) is 3.43. The molecule has 1 saturated heterocycles. The summed E-state index contributed by atoms with van der Waals surface area (Å²) in [6, 6.07) is 20.0. The Kier molecular flexibility index (Phi) is 3.27. The lowest BCUT2D eigenvalue weighted by atomic mass is 10.0. The molecule has 124 valence electrons. The number of hydrogen-bond donors (Lipinski definition) is 1. The number of anilines is 1. The maximum absolute atomic E-state index is 5.06. The molecular weight excluding hydrogens is 306 g/mol. The van der Waals surface area contributed by atoms with Crippen LogP contribution >= 0.6 is 0 Å². The van der Waals surface area contributed by atoms with Crippen molar-refractivity contribution in [2.24, 2.45) is 0 Å². The summed E-state index contributed by atoms with van der Waals surface area (Å²) < 4.78 is 0. The third-order valence-corrected chi connectivity index (χ3v) is 5.39. The van der Waals surface area contributed by atoms with Crippen LogP contribution in [0, 0.1) is 0 Å². The van der Waals surface area contributed by atoms with E-state index >= 15 is 0 Å². The Morgan fingerprint density at radius 1 is 1.04 bits per heavy atom. The highest BCUT2D eigenvalue weighted by atomic mass is 15.2. The van der Waals surface area contributed by atoms with Crippen molar-refractivity contribution in [2.75, 3.05) is 11.4 Å². The van der Waals surface area contributed by atoms with Crippen LogP contribution in [0.5, 0.6) is 0 Å². The fourth-order valence-corrected chi connectivity index (χ4v) is 4.03. The number of nitrogens with zero attached hydrogens (tertiary/aromatic N) is 2. The summed E-state index contributed by atoms with van der Waals surface area (Å²) in [6.07, 6.45) is 4.50. The van der Waals surface area contributed by atoms with Crippen molar-refractivity contribution < 1.29 is 0 Å². The van der Waals surface area contributed by atoms with Gasteiger partial charge in [0.15, 0.2) is 0 Å². The zero-order valence-electron chi connectivity index (χ0n) is 14.4. The SMILES string of the molecule is C[C@H]1CCCN1c1cc2ccccc2nc1-c1ccc2[nH]ccc2c1. The van der Waals surface area contributed by atoms with Crippen molar-refractivity contribution in [3.63, 3.8) is 0 Å². The number of para-hydroxylation sites is 1. The number of benzene rings is 2. The Bertz CT molecular complexity index is 1060. The fraction of sp³-hybridized carbons (Fsp3) is 0.227. The van der Waals surface area contributed by atoms with Gasteiger partial charge in [0, 0.05) is 40.6 Å². The minimum absolute atomic E-state index is 0.567. The van der Waals surface area contributed by atoms with E-state index in [4.69, 9.17) is 4.98 Å². The predicted octanol–water partition coefficient (Wildman–Crippen LogP) is 5.37. The van der Waals surface area contributed by atoms with Gasteiger partial charge >= 0.3 is 0 Å². The quantitative estimate of drug-likeness (QED) is 0.536. The normalized spacial score (nSPS) is 17.6. The topological polar surface area (TPSA) is 31.9 Å². The average molecular weight is 327 g/mol. The highest BCUT2D eigenvalue weighted by Gasteiger charge is 2.24. The predicted molar refractivity (Wildman–Crippen MR) is 105 cm³/mol. The number of rotatable bonds is 2. The zero-order valence-corrected chi connectivity index (χ0v) is 14.4. The largest absolute Gasteiger partial charge is 0.367 e. The van der Waals surface area contributed by atoms with E-state index in [-0.39, 0.29) is 0 Å². The van der Waals surface area contributed by atoms with E-state index in [0.29, 0.717) is 6.04 Å². The number of fused-ring (bicyclic) bond motifs is 2. The van der Waals surface area contributed by atoms with Crippen molar-refractivity contribution in [3.8, 4) is 11.3 Å². The van der Waals surface area contributed by atoms with Crippen molar-refractivity contribution in [2.45, 2.75) is 25.8 Å². The van der Waals surface area contributed by atoms with Gasteiger partial charge in [0.05, 0.1) is 16.9 Å². The van der Waals surface area contributed by atoms with Gasteiger partial charge in [0.1, 0.15) is 0 Å². The smallest absolute Gasteiger partial charge is 0.0943 e. The lowest BCUT2D eigenvalue weighted by Gasteiger charge is -2.26. The first-order chi connectivity index (χ1) is 12.3. The maximum Gasteiger partial charge on any atom is 0.0943 e. The molecule has 2 aromatic carbocycles. The summed E-state index contributed by atoms with van der Waals surface area (Å²) in [5, 5.41) is 2.44. The Balaban J connectivity index is 1.76. The van der Waals surface area contributed by atoms with Crippen LogP contribution < -0.4 is 4.90 Å². The highest BCUT2D eigenvalue weighted by molar-refractivity contribution is 5.92. The number of nitrogens with one attached hydrogen (secondary N) is 1. The van der Waals surface area contributed by atoms with Crippen LogP contribution in [0.15, 0.2) is 60.8 Å².